The molecule has 0 radical (unpaired) electrons. The first kappa shape index (κ1) is 24.0. The van der Waals surface area contributed by atoms with Crippen LogP contribution >= 0.6 is 11.6 Å². The number of piperidine rings is 1. The number of carbonyl (C=O) groups excluding carboxylic acids is 1. The normalized spacial score (nSPS) is 21.8. The molecule has 2 fully saturated rings. The smallest absolute Gasteiger partial charge is 0.225 e. The highest BCUT2D eigenvalue weighted by Gasteiger charge is 2.41. The van der Waals surface area contributed by atoms with Gasteiger partial charge in [-0.2, -0.15) is 5.10 Å². The number of rotatable bonds is 9. The molecule has 0 unspecified atom stereocenters. The maximum atomic E-state index is 13.2. The van der Waals surface area contributed by atoms with Crippen LogP contribution in [0.25, 0.3) is 0 Å². The van der Waals surface area contributed by atoms with E-state index >= 15 is 0 Å². The second-order valence-electron chi connectivity index (χ2n) is 9.21. The fourth-order valence-corrected chi connectivity index (χ4v) is 4.80. The zero-order chi connectivity index (χ0) is 23.1. The van der Waals surface area contributed by atoms with Crippen LogP contribution in [0, 0.1) is 0 Å². The van der Waals surface area contributed by atoms with Crippen molar-refractivity contribution in [1.82, 2.24) is 19.6 Å². The molecule has 2 aliphatic rings. The number of morpholine rings is 1. The van der Waals surface area contributed by atoms with Gasteiger partial charge in [0.2, 0.25) is 5.91 Å². The highest BCUT2D eigenvalue weighted by Crippen LogP contribution is 2.27. The quantitative estimate of drug-likeness (QED) is 0.549. The van der Waals surface area contributed by atoms with E-state index in [9.17, 15) is 4.79 Å². The molecule has 0 aliphatic carbocycles. The summed E-state index contributed by atoms with van der Waals surface area (Å²) in [4.78, 5) is 17.6. The minimum absolute atomic E-state index is 0.159. The fraction of sp³-hybridized carbons (Fsp3) is 0.600. The summed E-state index contributed by atoms with van der Waals surface area (Å²) in [5, 5.41) is 5.13. The highest BCUT2D eigenvalue weighted by molar-refractivity contribution is 6.30. The molecule has 33 heavy (non-hydrogen) atoms. The molecule has 0 N–H and O–H groups in total. The number of nitrogens with zero attached hydrogens (tertiary/aromatic N) is 4. The Morgan fingerprint density at radius 1 is 1.18 bits per heavy atom. The zero-order valence-corrected chi connectivity index (χ0v) is 20.3. The molecular formula is C25H35ClN4O3. The van der Waals surface area contributed by atoms with Crippen molar-refractivity contribution in [3.05, 3.63) is 47.2 Å². The number of aryl methyl sites for hydroxylation is 1. The largest absolute Gasteiger partial charge is 0.491 e. The second-order valence-corrected chi connectivity index (χ2v) is 9.65. The number of aromatic nitrogens is 2. The van der Waals surface area contributed by atoms with Crippen LogP contribution in [0.15, 0.2) is 36.7 Å². The Labute approximate surface area is 201 Å². The maximum absolute atomic E-state index is 13.2. The topological polar surface area (TPSA) is 59.8 Å². The molecule has 2 aromatic rings. The average molecular weight is 475 g/mol. The van der Waals surface area contributed by atoms with Gasteiger partial charge in [0.1, 0.15) is 18.0 Å². The molecule has 0 bridgehead atoms. The van der Waals surface area contributed by atoms with Gasteiger partial charge in [0.15, 0.2) is 0 Å². The summed E-state index contributed by atoms with van der Waals surface area (Å²) in [7, 11) is 0. The predicted molar refractivity (Wildman–Crippen MR) is 128 cm³/mol. The van der Waals surface area contributed by atoms with Crippen LogP contribution in [-0.2, 0) is 22.6 Å². The average Bonchev–Trinajstić information content (AvgIpc) is 3.26. The van der Waals surface area contributed by atoms with Gasteiger partial charge < -0.3 is 14.4 Å². The number of ether oxygens (including phenoxy) is 2. The van der Waals surface area contributed by atoms with Gasteiger partial charge in [-0.15, -0.1) is 0 Å². The van der Waals surface area contributed by atoms with Gasteiger partial charge in [0, 0.05) is 56.1 Å². The summed E-state index contributed by atoms with van der Waals surface area (Å²) in [5.41, 5.74) is 0.492. The molecule has 4 rings (SSSR count). The molecule has 0 spiro atoms. The van der Waals surface area contributed by atoms with E-state index < -0.39 is 5.60 Å². The van der Waals surface area contributed by atoms with Crippen LogP contribution in [0.2, 0.25) is 5.02 Å². The molecular weight excluding hydrogens is 440 g/mol. The number of benzene rings is 1. The molecule has 8 heteroatoms. The lowest BCUT2D eigenvalue weighted by Crippen LogP contribution is -2.57. The zero-order valence-electron chi connectivity index (χ0n) is 19.5. The summed E-state index contributed by atoms with van der Waals surface area (Å²) in [5.74, 6) is 0.887. The molecule has 1 amide bonds. The van der Waals surface area contributed by atoms with Gasteiger partial charge in [0.25, 0.3) is 0 Å². The molecule has 2 aliphatic heterocycles. The monoisotopic (exact) mass is 474 g/mol. The number of likely N-dealkylation sites (tertiary alicyclic amines) is 1. The van der Waals surface area contributed by atoms with Crippen molar-refractivity contribution in [3.8, 4) is 5.75 Å². The van der Waals surface area contributed by atoms with E-state index in [0.29, 0.717) is 31.2 Å². The Hall–Kier alpha value is -2.09. The third-order valence-electron chi connectivity index (χ3n) is 6.37. The van der Waals surface area contributed by atoms with Crippen LogP contribution in [0.3, 0.4) is 0 Å². The van der Waals surface area contributed by atoms with Gasteiger partial charge in [0.05, 0.1) is 19.2 Å². The number of amides is 1. The highest BCUT2D eigenvalue weighted by atomic mass is 35.5. The summed E-state index contributed by atoms with van der Waals surface area (Å²) in [6, 6.07) is 7.32. The van der Waals surface area contributed by atoms with Crippen LogP contribution in [0.1, 0.15) is 44.6 Å². The van der Waals surface area contributed by atoms with Crippen molar-refractivity contribution < 1.29 is 14.3 Å². The van der Waals surface area contributed by atoms with E-state index in [4.69, 9.17) is 21.1 Å². The van der Waals surface area contributed by atoms with E-state index in [1.807, 2.05) is 40.0 Å². The Balaban J connectivity index is 1.46. The summed E-state index contributed by atoms with van der Waals surface area (Å²) < 4.78 is 14.4. The first-order valence-corrected chi connectivity index (χ1v) is 12.5. The van der Waals surface area contributed by atoms with E-state index in [0.717, 1.165) is 57.7 Å². The fourth-order valence-electron chi connectivity index (χ4n) is 4.68. The van der Waals surface area contributed by atoms with Crippen molar-refractivity contribution in [1.29, 1.82) is 0 Å². The number of halogens is 1. The molecule has 1 aromatic carbocycles. The van der Waals surface area contributed by atoms with Crippen LogP contribution in [0.5, 0.6) is 5.75 Å². The van der Waals surface area contributed by atoms with Crippen molar-refractivity contribution in [2.75, 3.05) is 39.4 Å². The molecule has 0 saturated carbocycles. The Bertz CT molecular complexity index is 897. The maximum Gasteiger partial charge on any atom is 0.225 e. The van der Waals surface area contributed by atoms with Crippen molar-refractivity contribution in [2.45, 2.75) is 57.7 Å². The van der Waals surface area contributed by atoms with E-state index in [1.54, 1.807) is 0 Å². The summed E-state index contributed by atoms with van der Waals surface area (Å²) in [6.45, 7) is 7.89. The number of hydrogen-bond acceptors (Lipinski definition) is 5. The number of carbonyl (C=O) groups is 1. The third kappa shape index (κ3) is 6.71. The number of hydrogen-bond donors (Lipinski definition) is 0. The predicted octanol–water partition coefficient (Wildman–Crippen LogP) is 4.00. The Morgan fingerprint density at radius 3 is 2.73 bits per heavy atom. The lowest BCUT2D eigenvalue weighted by atomic mass is 9.96. The molecule has 7 nitrogen and oxygen atoms in total. The van der Waals surface area contributed by atoms with Crippen LogP contribution in [-0.4, -0.2) is 70.5 Å². The minimum Gasteiger partial charge on any atom is -0.491 e. The van der Waals surface area contributed by atoms with Gasteiger partial charge in [-0.25, -0.2) is 0 Å². The lowest BCUT2D eigenvalue weighted by Gasteiger charge is -2.43. The Morgan fingerprint density at radius 2 is 1.97 bits per heavy atom. The van der Waals surface area contributed by atoms with Gasteiger partial charge in [-0.05, 0) is 49.9 Å². The third-order valence-corrected chi connectivity index (χ3v) is 6.62. The van der Waals surface area contributed by atoms with Crippen molar-refractivity contribution in [2.24, 2.45) is 0 Å². The molecule has 3 heterocycles. The summed E-state index contributed by atoms with van der Waals surface area (Å²) in [6.07, 6.45) is 8.79. The minimum atomic E-state index is -0.689. The first-order valence-electron chi connectivity index (χ1n) is 12.1. The van der Waals surface area contributed by atoms with Gasteiger partial charge in [-0.1, -0.05) is 18.5 Å². The van der Waals surface area contributed by atoms with Crippen molar-refractivity contribution in [3.63, 3.8) is 0 Å². The van der Waals surface area contributed by atoms with E-state index in [1.165, 1.54) is 12.0 Å². The Kier molecular flexibility index (Phi) is 8.28. The van der Waals surface area contributed by atoms with Crippen molar-refractivity contribution >= 4 is 17.5 Å². The van der Waals surface area contributed by atoms with Gasteiger partial charge in [-0.3, -0.25) is 14.4 Å². The second kappa shape index (κ2) is 11.4. The first-order chi connectivity index (χ1) is 16.0. The summed E-state index contributed by atoms with van der Waals surface area (Å²) >= 11 is 6.02. The standard InChI is InChI=1S/C25H35ClN4O3/c1-2-10-30-18-21(16-27-30)17-28-13-14-33-25(19-28,15-24(31)29-11-4-3-5-12-29)20-32-23-8-6-22(26)7-9-23/h6-9,16,18H,2-5,10-15,17,19-20H2,1H3/t25-/m1/s1. The molecule has 180 valence electrons. The van der Waals surface area contributed by atoms with E-state index in [2.05, 4.69) is 23.1 Å². The van der Waals surface area contributed by atoms with Gasteiger partial charge >= 0.3 is 0 Å². The molecule has 1 aromatic heterocycles. The SMILES string of the molecule is CCCn1cc(CN2CCO[C@](COc3ccc(Cl)cc3)(CC(=O)N3CCCCC3)C2)cn1. The lowest BCUT2D eigenvalue weighted by molar-refractivity contribution is -0.157. The van der Waals surface area contributed by atoms with E-state index in [-0.39, 0.29) is 5.91 Å². The molecule has 1 atom stereocenters. The molecule has 2 saturated heterocycles. The van der Waals surface area contributed by atoms with Crippen LogP contribution < -0.4 is 4.74 Å². The van der Waals surface area contributed by atoms with Crippen LogP contribution in [0.4, 0.5) is 0 Å².